The Balaban J connectivity index is 1.55. The third-order valence-corrected chi connectivity index (χ3v) is 4.71. The number of morpholine rings is 1. The van der Waals surface area contributed by atoms with Gasteiger partial charge in [0.05, 0.1) is 36.8 Å². The quantitative estimate of drug-likeness (QED) is 0.422. The van der Waals surface area contributed by atoms with Gasteiger partial charge >= 0.3 is 0 Å². The molecule has 4 N–H and O–H groups in total. The molecule has 0 aromatic heterocycles. The van der Waals surface area contributed by atoms with Gasteiger partial charge in [0.2, 0.25) is 0 Å². The molecule has 0 bridgehead atoms. The molecule has 0 radical (unpaired) electrons. The Bertz CT molecular complexity index is 773. The van der Waals surface area contributed by atoms with Gasteiger partial charge in [0.15, 0.2) is 5.78 Å². The van der Waals surface area contributed by atoms with Crippen molar-refractivity contribution < 1.29 is 14.3 Å². The Labute approximate surface area is 160 Å². The number of ketones is 1. The standard InChI is InChI=1S/C21H27N3O3/c22-18-8-7-16(15-19(18)23)21(25)17-5-1-2-6-20(17)27-12-4-3-9-24-10-13-26-14-11-24/h1-2,5-8,15H,3-4,9-14,22-23H2. The zero-order valence-electron chi connectivity index (χ0n) is 15.5. The molecule has 0 saturated carbocycles. The first-order valence-electron chi connectivity index (χ1n) is 9.37. The number of unbranched alkanes of at least 4 members (excludes halogenated alkanes) is 1. The summed E-state index contributed by atoms with van der Waals surface area (Å²) < 4.78 is 11.3. The van der Waals surface area contributed by atoms with E-state index in [0.717, 1.165) is 45.7 Å². The summed E-state index contributed by atoms with van der Waals surface area (Å²) in [5, 5.41) is 0. The first kappa shape index (κ1) is 19.2. The lowest BCUT2D eigenvalue weighted by Crippen LogP contribution is -2.36. The molecule has 2 aromatic rings. The van der Waals surface area contributed by atoms with Crippen LogP contribution in [0.4, 0.5) is 11.4 Å². The first-order chi connectivity index (χ1) is 13.1. The molecule has 1 aliphatic rings. The second-order valence-electron chi connectivity index (χ2n) is 6.68. The average molecular weight is 369 g/mol. The molecule has 6 heteroatoms. The third-order valence-electron chi connectivity index (χ3n) is 4.71. The lowest BCUT2D eigenvalue weighted by Gasteiger charge is -2.26. The molecule has 27 heavy (non-hydrogen) atoms. The van der Waals surface area contributed by atoms with Crippen LogP contribution in [0.2, 0.25) is 0 Å². The van der Waals surface area contributed by atoms with Crippen molar-refractivity contribution >= 4 is 17.2 Å². The van der Waals surface area contributed by atoms with Crippen molar-refractivity contribution in [1.29, 1.82) is 0 Å². The number of rotatable bonds is 8. The van der Waals surface area contributed by atoms with E-state index in [9.17, 15) is 4.79 Å². The highest BCUT2D eigenvalue weighted by atomic mass is 16.5. The number of hydrogen-bond donors (Lipinski definition) is 2. The van der Waals surface area contributed by atoms with Crippen LogP contribution >= 0.6 is 0 Å². The van der Waals surface area contributed by atoms with E-state index in [1.807, 2.05) is 18.2 Å². The number of nitrogens with two attached hydrogens (primary N) is 2. The maximum Gasteiger partial charge on any atom is 0.196 e. The normalized spacial score (nSPS) is 14.8. The van der Waals surface area contributed by atoms with Crippen LogP contribution < -0.4 is 16.2 Å². The van der Waals surface area contributed by atoms with Gasteiger partial charge in [-0.2, -0.15) is 0 Å². The Hall–Kier alpha value is -2.57. The van der Waals surface area contributed by atoms with Crippen LogP contribution in [-0.2, 0) is 4.74 Å². The fourth-order valence-electron chi connectivity index (χ4n) is 3.10. The summed E-state index contributed by atoms with van der Waals surface area (Å²) in [6, 6.07) is 12.3. The highest BCUT2D eigenvalue weighted by molar-refractivity contribution is 6.11. The topological polar surface area (TPSA) is 90.8 Å². The minimum Gasteiger partial charge on any atom is -0.493 e. The second kappa shape index (κ2) is 9.39. The van der Waals surface area contributed by atoms with Gasteiger partial charge in [-0.1, -0.05) is 12.1 Å². The summed E-state index contributed by atoms with van der Waals surface area (Å²) in [7, 11) is 0. The Morgan fingerprint density at radius 1 is 1.04 bits per heavy atom. The molecule has 3 rings (SSSR count). The van der Waals surface area contributed by atoms with Crippen molar-refractivity contribution in [2.45, 2.75) is 12.8 Å². The van der Waals surface area contributed by atoms with Crippen molar-refractivity contribution in [3.05, 3.63) is 53.6 Å². The number of nitrogen functional groups attached to an aromatic ring is 2. The molecule has 0 aliphatic carbocycles. The van der Waals surface area contributed by atoms with Crippen molar-refractivity contribution in [2.24, 2.45) is 0 Å². The summed E-state index contributed by atoms with van der Waals surface area (Å²) in [5.74, 6) is 0.481. The van der Waals surface area contributed by atoms with Gasteiger partial charge in [-0.05, 0) is 49.7 Å². The molecule has 144 valence electrons. The zero-order chi connectivity index (χ0) is 19.1. The summed E-state index contributed by atoms with van der Waals surface area (Å²) in [4.78, 5) is 15.2. The van der Waals surface area contributed by atoms with E-state index in [-0.39, 0.29) is 5.78 Å². The summed E-state index contributed by atoms with van der Waals surface area (Å²) in [6.07, 6.45) is 2.00. The number of ether oxygens (including phenoxy) is 2. The van der Waals surface area contributed by atoms with E-state index in [1.54, 1.807) is 24.3 Å². The molecule has 1 saturated heterocycles. The van der Waals surface area contributed by atoms with Gasteiger partial charge in [-0.15, -0.1) is 0 Å². The molecule has 2 aromatic carbocycles. The number of carbonyl (C=O) groups excluding carboxylic acids is 1. The van der Waals surface area contributed by atoms with Crippen molar-refractivity contribution in [1.82, 2.24) is 4.90 Å². The number of para-hydroxylation sites is 1. The Morgan fingerprint density at radius 3 is 2.59 bits per heavy atom. The molecule has 0 unspecified atom stereocenters. The summed E-state index contributed by atoms with van der Waals surface area (Å²) in [5.41, 5.74) is 13.5. The lowest BCUT2D eigenvalue weighted by atomic mass is 10.0. The predicted octanol–water partition coefficient (Wildman–Crippen LogP) is 2.57. The molecular weight excluding hydrogens is 342 g/mol. The second-order valence-corrected chi connectivity index (χ2v) is 6.68. The van der Waals surface area contributed by atoms with Crippen LogP contribution in [0, 0.1) is 0 Å². The highest BCUT2D eigenvalue weighted by Gasteiger charge is 2.15. The van der Waals surface area contributed by atoms with Crippen molar-refractivity contribution in [2.75, 3.05) is 50.9 Å². The van der Waals surface area contributed by atoms with Crippen molar-refractivity contribution in [3.8, 4) is 5.75 Å². The van der Waals surface area contributed by atoms with Gasteiger partial charge in [0.25, 0.3) is 0 Å². The van der Waals surface area contributed by atoms with Crippen LogP contribution in [-0.4, -0.2) is 50.1 Å². The average Bonchev–Trinajstić information content (AvgIpc) is 2.70. The molecule has 1 fully saturated rings. The number of anilines is 2. The minimum absolute atomic E-state index is 0.120. The monoisotopic (exact) mass is 369 g/mol. The molecular formula is C21H27N3O3. The largest absolute Gasteiger partial charge is 0.493 e. The number of benzene rings is 2. The Kier molecular flexibility index (Phi) is 6.68. The number of carbonyl (C=O) groups is 1. The van der Waals surface area contributed by atoms with Crippen LogP contribution in [0.15, 0.2) is 42.5 Å². The molecule has 0 spiro atoms. The molecule has 1 aliphatic heterocycles. The van der Waals surface area contributed by atoms with Gasteiger partial charge in [-0.3, -0.25) is 9.69 Å². The molecule has 6 nitrogen and oxygen atoms in total. The van der Waals surface area contributed by atoms with E-state index < -0.39 is 0 Å². The van der Waals surface area contributed by atoms with E-state index in [2.05, 4.69) is 4.90 Å². The van der Waals surface area contributed by atoms with Gasteiger partial charge in [-0.25, -0.2) is 0 Å². The molecule has 0 amide bonds. The summed E-state index contributed by atoms with van der Waals surface area (Å²) in [6.45, 7) is 5.28. The van der Waals surface area contributed by atoms with E-state index in [0.29, 0.717) is 34.9 Å². The van der Waals surface area contributed by atoms with Crippen LogP contribution in [0.25, 0.3) is 0 Å². The Morgan fingerprint density at radius 2 is 1.81 bits per heavy atom. The van der Waals surface area contributed by atoms with Gasteiger partial charge < -0.3 is 20.9 Å². The number of nitrogens with zero attached hydrogens (tertiary/aromatic N) is 1. The molecule has 1 heterocycles. The fourth-order valence-corrected chi connectivity index (χ4v) is 3.10. The lowest BCUT2D eigenvalue weighted by molar-refractivity contribution is 0.0368. The first-order valence-corrected chi connectivity index (χ1v) is 9.37. The fraction of sp³-hybridized carbons (Fsp3) is 0.381. The SMILES string of the molecule is Nc1ccc(C(=O)c2ccccc2OCCCCN2CCOCC2)cc1N. The smallest absolute Gasteiger partial charge is 0.196 e. The van der Waals surface area contributed by atoms with E-state index in [1.165, 1.54) is 0 Å². The van der Waals surface area contributed by atoms with Gasteiger partial charge in [0.1, 0.15) is 5.75 Å². The number of hydrogen-bond acceptors (Lipinski definition) is 6. The zero-order valence-corrected chi connectivity index (χ0v) is 15.5. The minimum atomic E-state index is -0.120. The van der Waals surface area contributed by atoms with E-state index in [4.69, 9.17) is 20.9 Å². The van der Waals surface area contributed by atoms with Crippen LogP contribution in [0.3, 0.4) is 0 Å². The highest BCUT2D eigenvalue weighted by Crippen LogP contribution is 2.24. The van der Waals surface area contributed by atoms with Crippen LogP contribution in [0.5, 0.6) is 5.75 Å². The third kappa shape index (κ3) is 5.21. The maximum absolute atomic E-state index is 12.8. The summed E-state index contributed by atoms with van der Waals surface area (Å²) >= 11 is 0. The maximum atomic E-state index is 12.8. The van der Waals surface area contributed by atoms with Crippen molar-refractivity contribution in [3.63, 3.8) is 0 Å². The predicted molar refractivity (Wildman–Crippen MR) is 107 cm³/mol. The molecule has 0 atom stereocenters. The van der Waals surface area contributed by atoms with Gasteiger partial charge in [0, 0.05) is 18.7 Å². The van der Waals surface area contributed by atoms with Crippen LogP contribution in [0.1, 0.15) is 28.8 Å². The van der Waals surface area contributed by atoms with E-state index >= 15 is 0 Å².